The highest BCUT2D eigenvalue weighted by molar-refractivity contribution is 6.31. The lowest BCUT2D eigenvalue weighted by Crippen LogP contribution is -2.24. The Hall–Kier alpha value is -0.530. The third-order valence-corrected chi connectivity index (χ3v) is 3.93. The number of nitrogens with two attached hydrogens (primary N) is 1. The van der Waals surface area contributed by atoms with Crippen LogP contribution in [0, 0.1) is 25.7 Å². The standard InChI is InChI=1S/C14H22ClN/c1-8(2)11(5)14(16)12-6-10(4)13(15)7-9(12)3/h6-8,11,14H,16H2,1-5H3. The molecule has 0 saturated heterocycles. The number of rotatable bonds is 3. The number of halogens is 1. The van der Waals surface area contributed by atoms with Crippen molar-refractivity contribution >= 4 is 11.6 Å². The van der Waals surface area contributed by atoms with Gasteiger partial charge in [0.05, 0.1) is 0 Å². The normalized spacial score (nSPS) is 15.2. The maximum absolute atomic E-state index is 6.32. The van der Waals surface area contributed by atoms with Gasteiger partial charge >= 0.3 is 0 Å². The second kappa shape index (κ2) is 5.20. The number of hydrogen-bond acceptors (Lipinski definition) is 1. The monoisotopic (exact) mass is 239 g/mol. The first-order chi connectivity index (χ1) is 7.34. The minimum absolute atomic E-state index is 0.0935. The molecule has 1 nitrogen and oxygen atoms in total. The SMILES string of the molecule is Cc1cc(C(N)C(C)C(C)C)c(C)cc1Cl. The van der Waals surface area contributed by atoms with Gasteiger partial charge in [-0.1, -0.05) is 38.4 Å². The Bertz CT molecular complexity index is 371. The quantitative estimate of drug-likeness (QED) is 0.839. The highest BCUT2D eigenvalue weighted by atomic mass is 35.5. The summed E-state index contributed by atoms with van der Waals surface area (Å²) >= 11 is 6.09. The smallest absolute Gasteiger partial charge is 0.0438 e. The maximum atomic E-state index is 6.32. The zero-order valence-electron chi connectivity index (χ0n) is 10.8. The largest absolute Gasteiger partial charge is 0.324 e. The van der Waals surface area contributed by atoms with Gasteiger partial charge in [-0.2, -0.15) is 0 Å². The van der Waals surface area contributed by atoms with E-state index in [4.69, 9.17) is 17.3 Å². The van der Waals surface area contributed by atoms with Crippen molar-refractivity contribution in [2.75, 3.05) is 0 Å². The molecule has 1 rings (SSSR count). The van der Waals surface area contributed by atoms with Crippen molar-refractivity contribution in [1.82, 2.24) is 0 Å². The summed E-state index contributed by atoms with van der Waals surface area (Å²) in [6.45, 7) is 10.7. The fourth-order valence-electron chi connectivity index (χ4n) is 1.86. The van der Waals surface area contributed by atoms with Gasteiger partial charge in [0.1, 0.15) is 0 Å². The van der Waals surface area contributed by atoms with E-state index in [-0.39, 0.29) is 6.04 Å². The molecule has 0 bridgehead atoms. The van der Waals surface area contributed by atoms with Crippen molar-refractivity contribution in [3.63, 3.8) is 0 Å². The lowest BCUT2D eigenvalue weighted by atomic mass is 9.84. The Morgan fingerprint density at radius 2 is 1.62 bits per heavy atom. The summed E-state index contributed by atoms with van der Waals surface area (Å²) in [5, 5.41) is 0.825. The number of benzene rings is 1. The van der Waals surface area contributed by atoms with Crippen LogP contribution >= 0.6 is 11.6 Å². The van der Waals surface area contributed by atoms with Gasteiger partial charge < -0.3 is 5.73 Å². The topological polar surface area (TPSA) is 26.0 Å². The third kappa shape index (κ3) is 2.78. The second-order valence-corrected chi connectivity index (χ2v) is 5.49. The molecule has 0 aliphatic heterocycles. The lowest BCUT2D eigenvalue weighted by molar-refractivity contribution is 0.351. The molecule has 0 saturated carbocycles. The van der Waals surface area contributed by atoms with Crippen LogP contribution in [0.25, 0.3) is 0 Å². The summed E-state index contributed by atoms with van der Waals surface area (Å²) in [6, 6.07) is 4.23. The van der Waals surface area contributed by atoms with Crippen molar-refractivity contribution in [2.45, 2.75) is 40.7 Å². The number of hydrogen-bond donors (Lipinski definition) is 1. The Balaban J connectivity index is 3.08. The van der Waals surface area contributed by atoms with E-state index in [1.54, 1.807) is 0 Å². The zero-order valence-corrected chi connectivity index (χ0v) is 11.6. The van der Waals surface area contributed by atoms with Crippen LogP contribution in [0.5, 0.6) is 0 Å². The zero-order chi connectivity index (χ0) is 12.5. The molecular weight excluding hydrogens is 218 g/mol. The molecule has 2 unspecified atom stereocenters. The van der Waals surface area contributed by atoms with Crippen molar-refractivity contribution < 1.29 is 0 Å². The van der Waals surface area contributed by atoms with E-state index in [9.17, 15) is 0 Å². The van der Waals surface area contributed by atoms with Crippen LogP contribution in [0.1, 0.15) is 43.5 Å². The molecule has 1 aromatic rings. The highest BCUT2D eigenvalue weighted by Gasteiger charge is 2.20. The Kier molecular flexibility index (Phi) is 4.40. The van der Waals surface area contributed by atoms with E-state index >= 15 is 0 Å². The van der Waals surface area contributed by atoms with Crippen LogP contribution in [0.2, 0.25) is 5.02 Å². The predicted octanol–water partition coefficient (Wildman–Crippen LogP) is 4.25. The molecule has 0 fully saturated rings. The van der Waals surface area contributed by atoms with Crippen molar-refractivity contribution in [1.29, 1.82) is 0 Å². The first-order valence-corrected chi connectivity index (χ1v) is 6.24. The van der Waals surface area contributed by atoms with E-state index in [0.717, 1.165) is 10.6 Å². The van der Waals surface area contributed by atoms with E-state index in [1.165, 1.54) is 11.1 Å². The van der Waals surface area contributed by atoms with E-state index < -0.39 is 0 Å². The molecule has 0 aliphatic rings. The Morgan fingerprint density at radius 3 is 2.12 bits per heavy atom. The van der Waals surface area contributed by atoms with Crippen molar-refractivity contribution in [3.05, 3.63) is 33.8 Å². The summed E-state index contributed by atoms with van der Waals surface area (Å²) in [5.41, 5.74) is 9.84. The van der Waals surface area contributed by atoms with E-state index in [2.05, 4.69) is 33.8 Å². The fourth-order valence-corrected chi connectivity index (χ4v) is 2.08. The molecule has 0 aliphatic carbocycles. The highest BCUT2D eigenvalue weighted by Crippen LogP contribution is 2.30. The van der Waals surface area contributed by atoms with Gasteiger partial charge in [-0.3, -0.25) is 0 Å². The molecule has 0 radical (unpaired) electrons. The molecule has 2 heteroatoms. The van der Waals surface area contributed by atoms with Crippen molar-refractivity contribution in [2.24, 2.45) is 17.6 Å². The summed E-state index contributed by atoms with van der Waals surface area (Å²) in [4.78, 5) is 0. The lowest BCUT2D eigenvalue weighted by Gasteiger charge is -2.25. The van der Waals surface area contributed by atoms with Crippen LogP contribution in [0.3, 0.4) is 0 Å². The van der Waals surface area contributed by atoms with Gasteiger partial charge in [0, 0.05) is 11.1 Å². The van der Waals surface area contributed by atoms with Gasteiger partial charge in [-0.25, -0.2) is 0 Å². The van der Waals surface area contributed by atoms with E-state index in [0.29, 0.717) is 11.8 Å². The fraction of sp³-hybridized carbons (Fsp3) is 0.571. The Morgan fingerprint density at radius 1 is 1.06 bits per heavy atom. The summed E-state index contributed by atoms with van der Waals surface area (Å²) in [5.74, 6) is 1.06. The van der Waals surface area contributed by atoms with Crippen LogP contribution < -0.4 is 5.73 Å². The molecule has 2 N–H and O–H groups in total. The molecule has 1 aromatic carbocycles. The van der Waals surface area contributed by atoms with Crippen molar-refractivity contribution in [3.8, 4) is 0 Å². The number of aryl methyl sites for hydroxylation is 2. The van der Waals surface area contributed by atoms with Gasteiger partial charge in [-0.05, 0) is 48.4 Å². The molecule has 90 valence electrons. The van der Waals surface area contributed by atoms with Crippen LogP contribution in [0.15, 0.2) is 12.1 Å². The van der Waals surface area contributed by atoms with Gasteiger partial charge in [0.25, 0.3) is 0 Å². The second-order valence-electron chi connectivity index (χ2n) is 5.09. The van der Waals surface area contributed by atoms with Crippen LogP contribution in [-0.2, 0) is 0 Å². The molecule has 0 aromatic heterocycles. The van der Waals surface area contributed by atoms with Gasteiger partial charge in [-0.15, -0.1) is 0 Å². The third-order valence-electron chi connectivity index (χ3n) is 3.52. The van der Waals surface area contributed by atoms with E-state index in [1.807, 2.05) is 13.0 Å². The average molecular weight is 240 g/mol. The molecular formula is C14H22ClN. The summed E-state index contributed by atoms with van der Waals surface area (Å²) in [7, 11) is 0. The van der Waals surface area contributed by atoms with Crippen LogP contribution in [0.4, 0.5) is 0 Å². The summed E-state index contributed by atoms with van der Waals surface area (Å²) < 4.78 is 0. The minimum atomic E-state index is 0.0935. The molecule has 0 heterocycles. The Labute approximate surface area is 104 Å². The first kappa shape index (κ1) is 13.5. The predicted molar refractivity (Wildman–Crippen MR) is 71.9 cm³/mol. The maximum Gasteiger partial charge on any atom is 0.0438 e. The molecule has 16 heavy (non-hydrogen) atoms. The molecule has 2 atom stereocenters. The minimum Gasteiger partial charge on any atom is -0.324 e. The molecule has 0 amide bonds. The average Bonchev–Trinajstić information content (AvgIpc) is 2.21. The van der Waals surface area contributed by atoms with Gasteiger partial charge in [0.2, 0.25) is 0 Å². The first-order valence-electron chi connectivity index (χ1n) is 5.86. The molecule has 0 spiro atoms. The summed E-state index contributed by atoms with van der Waals surface area (Å²) in [6.07, 6.45) is 0. The van der Waals surface area contributed by atoms with Crippen LogP contribution in [-0.4, -0.2) is 0 Å². The van der Waals surface area contributed by atoms with Gasteiger partial charge in [0.15, 0.2) is 0 Å².